The highest BCUT2D eigenvalue weighted by Crippen LogP contribution is 2.31. The minimum atomic E-state index is 0.532. The van der Waals surface area contributed by atoms with Crippen LogP contribution in [0.4, 0.5) is 0 Å². The smallest absolute Gasteiger partial charge is 0.127 e. The molecule has 0 saturated carbocycles. The summed E-state index contributed by atoms with van der Waals surface area (Å²) in [5.74, 6) is 2.35. The Bertz CT molecular complexity index is 392. The van der Waals surface area contributed by atoms with Crippen LogP contribution in [0.25, 0.3) is 6.08 Å². The molecule has 0 aliphatic carbocycles. The van der Waals surface area contributed by atoms with Gasteiger partial charge in [0, 0.05) is 5.56 Å². The molecule has 2 nitrogen and oxygen atoms in total. The first-order valence-electron chi connectivity index (χ1n) is 5.22. The largest absolute Gasteiger partial charge is 0.497 e. The van der Waals surface area contributed by atoms with Crippen LogP contribution in [0.3, 0.4) is 0 Å². The molecular formula is C13H16O2. The number of fused-ring (bicyclic) bond motifs is 1. The number of rotatable bonds is 2. The lowest BCUT2D eigenvalue weighted by Crippen LogP contribution is -2.11. The van der Waals surface area contributed by atoms with Gasteiger partial charge in [-0.3, -0.25) is 0 Å². The van der Waals surface area contributed by atoms with E-state index in [9.17, 15) is 0 Å². The summed E-state index contributed by atoms with van der Waals surface area (Å²) in [7, 11) is 1.68. The van der Waals surface area contributed by atoms with Crippen molar-refractivity contribution in [2.45, 2.75) is 13.8 Å². The van der Waals surface area contributed by atoms with Gasteiger partial charge < -0.3 is 9.47 Å². The van der Waals surface area contributed by atoms with Crippen molar-refractivity contribution in [1.82, 2.24) is 0 Å². The second-order valence-electron chi connectivity index (χ2n) is 4.07. The monoisotopic (exact) mass is 204 g/mol. The molecule has 0 N–H and O–H groups in total. The zero-order valence-electron chi connectivity index (χ0n) is 9.41. The molecule has 1 aromatic carbocycles. The molecule has 15 heavy (non-hydrogen) atoms. The fourth-order valence-electron chi connectivity index (χ4n) is 1.63. The van der Waals surface area contributed by atoms with E-state index in [4.69, 9.17) is 9.47 Å². The van der Waals surface area contributed by atoms with Crippen LogP contribution in [0.15, 0.2) is 23.8 Å². The van der Waals surface area contributed by atoms with E-state index >= 15 is 0 Å². The Balaban J connectivity index is 2.39. The molecule has 2 heteroatoms. The quantitative estimate of drug-likeness (QED) is 0.736. The standard InChI is InChI=1S/C13H16O2/c1-9(2)11-6-10-7-12(14-3)4-5-13(10)15-8-11/h4-7,9H,8H2,1-3H3. The van der Waals surface area contributed by atoms with E-state index in [-0.39, 0.29) is 0 Å². The number of benzene rings is 1. The number of hydrogen-bond donors (Lipinski definition) is 0. The first kappa shape index (κ1) is 10.1. The van der Waals surface area contributed by atoms with Crippen LogP contribution >= 0.6 is 0 Å². The third kappa shape index (κ3) is 1.99. The van der Waals surface area contributed by atoms with Gasteiger partial charge in [0.25, 0.3) is 0 Å². The minimum absolute atomic E-state index is 0.532. The fraction of sp³-hybridized carbons (Fsp3) is 0.385. The zero-order valence-corrected chi connectivity index (χ0v) is 9.41. The van der Waals surface area contributed by atoms with Crippen LogP contribution in [0.5, 0.6) is 11.5 Å². The summed E-state index contributed by atoms with van der Waals surface area (Å²) >= 11 is 0. The Hall–Kier alpha value is -1.44. The molecule has 0 atom stereocenters. The van der Waals surface area contributed by atoms with Crippen LogP contribution in [0.1, 0.15) is 19.4 Å². The lowest BCUT2D eigenvalue weighted by atomic mass is 9.99. The van der Waals surface area contributed by atoms with Crippen molar-refractivity contribution in [2.24, 2.45) is 5.92 Å². The first-order chi connectivity index (χ1) is 7.20. The highest BCUT2D eigenvalue weighted by molar-refractivity contribution is 5.64. The molecule has 0 amide bonds. The van der Waals surface area contributed by atoms with Gasteiger partial charge in [0.15, 0.2) is 0 Å². The summed E-state index contributed by atoms with van der Waals surface area (Å²) < 4.78 is 10.9. The second kappa shape index (κ2) is 3.97. The van der Waals surface area contributed by atoms with E-state index < -0.39 is 0 Å². The van der Waals surface area contributed by atoms with E-state index in [1.54, 1.807) is 7.11 Å². The topological polar surface area (TPSA) is 18.5 Å². The van der Waals surface area contributed by atoms with Crippen molar-refractivity contribution in [3.8, 4) is 11.5 Å². The van der Waals surface area contributed by atoms with Crippen molar-refractivity contribution in [3.05, 3.63) is 29.3 Å². The molecule has 0 bridgehead atoms. The first-order valence-corrected chi connectivity index (χ1v) is 5.22. The van der Waals surface area contributed by atoms with Crippen molar-refractivity contribution in [2.75, 3.05) is 13.7 Å². The van der Waals surface area contributed by atoms with Crippen LogP contribution in [-0.4, -0.2) is 13.7 Å². The van der Waals surface area contributed by atoms with Gasteiger partial charge in [0.1, 0.15) is 18.1 Å². The van der Waals surface area contributed by atoms with Crippen LogP contribution < -0.4 is 9.47 Å². The lowest BCUT2D eigenvalue weighted by molar-refractivity contribution is 0.333. The Morgan fingerprint density at radius 3 is 2.80 bits per heavy atom. The van der Waals surface area contributed by atoms with E-state index in [1.807, 2.05) is 18.2 Å². The highest BCUT2D eigenvalue weighted by Gasteiger charge is 2.13. The van der Waals surface area contributed by atoms with Gasteiger partial charge in [0.05, 0.1) is 7.11 Å². The molecule has 0 fully saturated rings. The highest BCUT2D eigenvalue weighted by atomic mass is 16.5. The summed E-state index contributed by atoms with van der Waals surface area (Å²) in [4.78, 5) is 0. The Kier molecular flexibility index (Phi) is 2.67. The van der Waals surface area contributed by atoms with E-state index in [0.717, 1.165) is 17.1 Å². The van der Waals surface area contributed by atoms with Gasteiger partial charge >= 0.3 is 0 Å². The molecule has 0 unspecified atom stereocenters. The van der Waals surface area contributed by atoms with Crippen molar-refractivity contribution >= 4 is 6.08 Å². The predicted molar refractivity (Wildman–Crippen MR) is 61.3 cm³/mol. The molecule has 80 valence electrons. The van der Waals surface area contributed by atoms with Crippen molar-refractivity contribution in [1.29, 1.82) is 0 Å². The molecule has 1 aliphatic heterocycles. The molecular weight excluding hydrogens is 188 g/mol. The number of methoxy groups -OCH3 is 1. The molecule has 2 rings (SSSR count). The van der Waals surface area contributed by atoms with Crippen LogP contribution in [0, 0.1) is 5.92 Å². The summed E-state index contributed by atoms with van der Waals surface area (Å²) in [5, 5.41) is 0. The maximum atomic E-state index is 5.67. The minimum Gasteiger partial charge on any atom is -0.497 e. The molecule has 1 aliphatic rings. The van der Waals surface area contributed by atoms with E-state index in [1.165, 1.54) is 5.57 Å². The Morgan fingerprint density at radius 1 is 1.33 bits per heavy atom. The third-order valence-corrected chi connectivity index (χ3v) is 2.69. The van der Waals surface area contributed by atoms with Gasteiger partial charge in [-0.2, -0.15) is 0 Å². The van der Waals surface area contributed by atoms with E-state index in [0.29, 0.717) is 12.5 Å². The zero-order chi connectivity index (χ0) is 10.8. The molecule has 0 spiro atoms. The Labute approximate surface area is 90.5 Å². The lowest BCUT2D eigenvalue weighted by Gasteiger charge is -2.20. The summed E-state index contributed by atoms with van der Waals surface area (Å²) in [6.07, 6.45) is 2.20. The average Bonchev–Trinajstić information content (AvgIpc) is 2.27. The molecule has 1 aromatic rings. The van der Waals surface area contributed by atoms with Gasteiger partial charge in [-0.05, 0) is 35.8 Å². The number of hydrogen-bond acceptors (Lipinski definition) is 2. The number of ether oxygens (including phenoxy) is 2. The SMILES string of the molecule is COc1ccc2c(c1)C=C(C(C)C)CO2. The predicted octanol–water partition coefficient (Wildman–Crippen LogP) is 3.13. The van der Waals surface area contributed by atoms with E-state index in [2.05, 4.69) is 19.9 Å². The second-order valence-corrected chi connectivity index (χ2v) is 4.07. The van der Waals surface area contributed by atoms with Crippen LogP contribution in [-0.2, 0) is 0 Å². The summed E-state index contributed by atoms with van der Waals surface area (Å²) in [6.45, 7) is 5.07. The van der Waals surface area contributed by atoms with Gasteiger partial charge in [-0.25, -0.2) is 0 Å². The van der Waals surface area contributed by atoms with Crippen molar-refractivity contribution in [3.63, 3.8) is 0 Å². The third-order valence-electron chi connectivity index (χ3n) is 2.69. The fourth-order valence-corrected chi connectivity index (χ4v) is 1.63. The maximum Gasteiger partial charge on any atom is 0.127 e. The summed E-state index contributed by atoms with van der Waals surface area (Å²) in [5.41, 5.74) is 2.44. The van der Waals surface area contributed by atoms with Crippen LogP contribution in [0.2, 0.25) is 0 Å². The average molecular weight is 204 g/mol. The van der Waals surface area contributed by atoms with Gasteiger partial charge in [0.2, 0.25) is 0 Å². The Morgan fingerprint density at radius 2 is 2.13 bits per heavy atom. The van der Waals surface area contributed by atoms with Gasteiger partial charge in [-0.15, -0.1) is 0 Å². The normalized spacial score (nSPS) is 14.3. The van der Waals surface area contributed by atoms with Gasteiger partial charge in [-0.1, -0.05) is 13.8 Å². The summed E-state index contributed by atoms with van der Waals surface area (Å²) in [6, 6.07) is 5.89. The molecule has 1 heterocycles. The van der Waals surface area contributed by atoms with Crippen molar-refractivity contribution < 1.29 is 9.47 Å². The maximum absolute atomic E-state index is 5.67. The molecule has 0 aromatic heterocycles. The molecule has 0 saturated heterocycles. The molecule has 0 radical (unpaired) electrons.